The van der Waals surface area contributed by atoms with E-state index in [1.165, 1.54) is 45.3 Å². The number of sulfonamides is 1. The van der Waals surface area contributed by atoms with Gasteiger partial charge in [0.05, 0.1) is 28.3 Å². The molecule has 1 aliphatic rings. The number of carbonyl (C=O) groups excluding carboxylic acids is 1. The predicted octanol–water partition coefficient (Wildman–Crippen LogP) is 2.93. The number of benzene rings is 2. The molecule has 0 N–H and O–H groups in total. The summed E-state index contributed by atoms with van der Waals surface area (Å²) in [6, 6.07) is 7.41. The Morgan fingerprint density at radius 3 is 2.53 bits per heavy atom. The summed E-state index contributed by atoms with van der Waals surface area (Å²) in [6.45, 7) is 5.01. The van der Waals surface area contributed by atoms with Gasteiger partial charge in [-0.3, -0.25) is 4.79 Å². The summed E-state index contributed by atoms with van der Waals surface area (Å²) in [5.74, 6) is -2.12. The minimum Gasteiger partial charge on any atom is -0.379 e. The molecule has 2 aromatic carbocycles. The summed E-state index contributed by atoms with van der Waals surface area (Å²) >= 11 is 0.975. The maximum atomic E-state index is 14.3. The van der Waals surface area contributed by atoms with Crippen LogP contribution in [0.25, 0.3) is 10.2 Å². The van der Waals surface area contributed by atoms with Gasteiger partial charge in [-0.2, -0.15) is 9.30 Å². The van der Waals surface area contributed by atoms with Gasteiger partial charge < -0.3 is 9.30 Å². The highest BCUT2D eigenvalue weighted by atomic mass is 32.2. The van der Waals surface area contributed by atoms with Crippen molar-refractivity contribution in [3.63, 3.8) is 0 Å². The van der Waals surface area contributed by atoms with E-state index in [1.54, 1.807) is 0 Å². The molecule has 4 rings (SSSR count). The predicted molar refractivity (Wildman–Crippen MR) is 116 cm³/mol. The van der Waals surface area contributed by atoms with Crippen molar-refractivity contribution in [3.05, 3.63) is 71.1 Å². The van der Waals surface area contributed by atoms with Crippen molar-refractivity contribution in [2.75, 3.05) is 26.3 Å². The number of ether oxygens (including phenoxy) is 1. The van der Waals surface area contributed by atoms with Crippen molar-refractivity contribution in [3.8, 4) is 0 Å². The lowest BCUT2D eigenvalue weighted by Gasteiger charge is -2.26. The van der Waals surface area contributed by atoms with Crippen LogP contribution in [0.15, 0.2) is 58.9 Å². The number of rotatable bonds is 5. The van der Waals surface area contributed by atoms with E-state index < -0.39 is 27.6 Å². The molecule has 0 bridgehead atoms. The van der Waals surface area contributed by atoms with Crippen LogP contribution in [0.4, 0.5) is 8.78 Å². The van der Waals surface area contributed by atoms with Gasteiger partial charge in [-0.15, -0.1) is 6.58 Å². The van der Waals surface area contributed by atoms with Gasteiger partial charge >= 0.3 is 0 Å². The highest BCUT2D eigenvalue weighted by Gasteiger charge is 2.26. The fourth-order valence-electron chi connectivity index (χ4n) is 3.37. The summed E-state index contributed by atoms with van der Waals surface area (Å²) in [4.78, 5) is 17.0. The maximum Gasteiger partial charge on any atom is 0.279 e. The SMILES string of the molecule is C=CCn1c(=NC(=O)c2ccc(S(=O)(=O)N3CCOCC3)cc2)sc2cc(F)cc(F)c21. The van der Waals surface area contributed by atoms with E-state index in [-0.39, 0.29) is 40.4 Å². The monoisotopic (exact) mass is 479 g/mol. The first-order chi connectivity index (χ1) is 15.3. The molecule has 168 valence electrons. The zero-order chi connectivity index (χ0) is 22.9. The van der Waals surface area contributed by atoms with Gasteiger partial charge in [-0.1, -0.05) is 17.4 Å². The molecule has 1 aromatic heterocycles. The molecule has 1 fully saturated rings. The third-order valence-electron chi connectivity index (χ3n) is 4.91. The van der Waals surface area contributed by atoms with E-state index >= 15 is 0 Å². The van der Waals surface area contributed by atoms with E-state index in [4.69, 9.17) is 4.74 Å². The van der Waals surface area contributed by atoms with Crippen LogP contribution in [0.1, 0.15) is 10.4 Å². The molecule has 0 radical (unpaired) electrons. The van der Waals surface area contributed by atoms with E-state index in [9.17, 15) is 22.0 Å². The van der Waals surface area contributed by atoms with Gasteiger partial charge in [0, 0.05) is 31.3 Å². The number of hydrogen-bond acceptors (Lipinski definition) is 5. The molecule has 3 aromatic rings. The molecule has 0 spiro atoms. The lowest BCUT2D eigenvalue weighted by Crippen LogP contribution is -2.40. The number of hydrogen-bond donors (Lipinski definition) is 0. The second-order valence-electron chi connectivity index (χ2n) is 6.98. The Bertz CT molecular complexity index is 1360. The first-order valence-corrected chi connectivity index (χ1v) is 11.9. The molecule has 1 amide bonds. The molecule has 2 heterocycles. The lowest BCUT2D eigenvalue weighted by atomic mass is 10.2. The highest BCUT2D eigenvalue weighted by molar-refractivity contribution is 7.89. The Morgan fingerprint density at radius 1 is 1.19 bits per heavy atom. The average Bonchev–Trinajstić information content (AvgIpc) is 3.11. The molecule has 0 aliphatic carbocycles. The van der Waals surface area contributed by atoms with Crippen LogP contribution in [0.3, 0.4) is 0 Å². The normalized spacial score (nSPS) is 15.9. The number of nitrogens with zero attached hydrogens (tertiary/aromatic N) is 3. The Balaban J connectivity index is 1.68. The van der Waals surface area contributed by atoms with Crippen molar-refractivity contribution >= 4 is 37.5 Å². The van der Waals surface area contributed by atoms with E-state index in [1.807, 2.05) is 0 Å². The molecule has 1 aliphatic heterocycles. The smallest absolute Gasteiger partial charge is 0.279 e. The van der Waals surface area contributed by atoms with Gasteiger partial charge in [-0.05, 0) is 30.3 Å². The second-order valence-corrected chi connectivity index (χ2v) is 9.92. The number of halogens is 2. The van der Waals surface area contributed by atoms with Gasteiger partial charge in [0.15, 0.2) is 10.6 Å². The zero-order valence-corrected chi connectivity index (χ0v) is 18.5. The van der Waals surface area contributed by atoms with Crippen molar-refractivity contribution in [1.29, 1.82) is 0 Å². The van der Waals surface area contributed by atoms with E-state index in [2.05, 4.69) is 11.6 Å². The van der Waals surface area contributed by atoms with Gasteiger partial charge in [0.2, 0.25) is 10.0 Å². The Labute approximate surface area is 186 Å². The Morgan fingerprint density at radius 2 is 1.88 bits per heavy atom. The fraction of sp³-hybridized carbons (Fsp3) is 0.238. The first kappa shape index (κ1) is 22.5. The molecular weight excluding hydrogens is 460 g/mol. The summed E-state index contributed by atoms with van der Waals surface area (Å²) in [5, 5.41) is 0. The van der Waals surface area contributed by atoms with Crippen molar-refractivity contribution in [2.24, 2.45) is 4.99 Å². The van der Waals surface area contributed by atoms with Crippen LogP contribution in [0, 0.1) is 11.6 Å². The molecule has 32 heavy (non-hydrogen) atoms. The van der Waals surface area contributed by atoms with E-state index in [0.29, 0.717) is 17.9 Å². The van der Waals surface area contributed by atoms with Crippen LogP contribution < -0.4 is 4.80 Å². The third-order valence-corrected chi connectivity index (χ3v) is 7.85. The highest BCUT2D eigenvalue weighted by Crippen LogP contribution is 2.23. The molecular formula is C21H19F2N3O4S2. The quantitative estimate of drug-likeness (QED) is 0.527. The third kappa shape index (κ3) is 4.29. The van der Waals surface area contributed by atoms with Crippen molar-refractivity contribution in [2.45, 2.75) is 11.4 Å². The van der Waals surface area contributed by atoms with Crippen LogP contribution in [0.5, 0.6) is 0 Å². The van der Waals surface area contributed by atoms with Gasteiger partial charge in [0.25, 0.3) is 5.91 Å². The first-order valence-electron chi connectivity index (χ1n) is 9.67. The van der Waals surface area contributed by atoms with Crippen LogP contribution >= 0.6 is 11.3 Å². The van der Waals surface area contributed by atoms with Crippen molar-refractivity contribution < 1.29 is 26.7 Å². The zero-order valence-electron chi connectivity index (χ0n) is 16.8. The van der Waals surface area contributed by atoms with E-state index in [0.717, 1.165) is 17.4 Å². The number of carbonyl (C=O) groups is 1. The molecule has 0 atom stereocenters. The second kappa shape index (κ2) is 9.02. The number of aromatic nitrogens is 1. The van der Waals surface area contributed by atoms with Gasteiger partial charge in [0.1, 0.15) is 5.82 Å². The summed E-state index contributed by atoms with van der Waals surface area (Å²) < 4.78 is 61.6. The minimum atomic E-state index is -3.68. The van der Waals surface area contributed by atoms with Crippen molar-refractivity contribution in [1.82, 2.24) is 8.87 Å². The fourth-order valence-corrected chi connectivity index (χ4v) is 5.85. The summed E-state index contributed by atoms with van der Waals surface area (Å²) in [6.07, 6.45) is 1.52. The maximum absolute atomic E-state index is 14.3. The molecule has 0 saturated carbocycles. The minimum absolute atomic E-state index is 0.0667. The van der Waals surface area contributed by atoms with Crippen LogP contribution in [0.2, 0.25) is 0 Å². The number of fused-ring (bicyclic) bond motifs is 1. The topological polar surface area (TPSA) is 81.0 Å². The Hall–Kier alpha value is -2.73. The molecule has 11 heteroatoms. The van der Waals surface area contributed by atoms with Crippen LogP contribution in [-0.2, 0) is 21.3 Å². The summed E-state index contributed by atoms with van der Waals surface area (Å²) in [5.41, 5.74) is 0.301. The number of thiazole rings is 1. The average molecular weight is 480 g/mol. The van der Waals surface area contributed by atoms with Gasteiger partial charge in [-0.25, -0.2) is 17.2 Å². The number of allylic oxidation sites excluding steroid dienone is 1. The molecule has 0 unspecified atom stereocenters. The number of amides is 1. The largest absolute Gasteiger partial charge is 0.379 e. The Kier molecular flexibility index (Phi) is 6.33. The molecule has 7 nitrogen and oxygen atoms in total. The standard InChI is InChI=1S/C21H19F2N3O4S2/c1-2-7-26-19-17(23)12-15(22)13-18(19)31-21(26)24-20(27)14-3-5-16(6-4-14)32(28,29)25-8-10-30-11-9-25/h2-6,12-13H,1,7-11H2. The lowest BCUT2D eigenvalue weighted by molar-refractivity contribution is 0.0730. The summed E-state index contributed by atoms with van der Waals surface area (Å²) in [7, 11) is -3.68. The molecule has 1 saturated heterocycles. The van der Waals surface area contributed by atoms with Crippen LogP contribution in [-0.4, -0.2) is 49.5 Å². The number of morpholine rings is 1.